The van der Waals surface area contributed by atoms with Crippen LogP contribution >= 0.6 is 11.3 Å². The van der Waals surface area contributed by atoms with Gasteiger partial charge in [-0.25, -0.2) is 4.98 Å². The number of carbonyl (C=O) groups is 1. The molecule has 1 saturated carbocycles. The first-order chi connectivity index (χ1) is 11.1. The summed E-state index contributed by atoms with van der Waals surface area (Å²) in [4.78, 5) is 22.5. The van der Waals surface area contributed by atoms with Crippen LogP contribution in [0.2, 0.25) is 0 Å². The fraction of sp³-hybridized carbons (Fsp3) is 0.765. The van der Waals surface area contributed by atoms with E-state index in [4.69, 9.17) is 5.73 Å². The van der Waals surface area contributed by atoms with E-state index in [2.05, 4.69) is 14.8 Å². The lowest BCUT2D eigenvalue weighted by Crippen LogP contribution is -2.48. The van der Waals surface area contributed by atoms with E-state index in [1.165, 1.54) is 37.0 Å². The lowest BCUT2D eigenvalue weighted by molar-refractivity contribution is -0.134. The van der Waals surface area contributed by atoms with Gasteiger partial charge in [0.1, 0.15) is 0 Å². The van der Waals surface area contributed by atoms with Crippen LogP contribution in [0.4, 0.5) is 5.13 Å². The summed E-state index contributed by atoms with van der Waals surface area (Å²) in [6, 6.07) is 0. The van der Waals surface area contributed by atoms with E-state index in [0.717, 1.165) is 44.8 Å². The Kier molecular flexibility index (Phi) is 5.54. The van der Waals surface area contributed by atoms with Gasteiger partial charge in [-0.05, 0) is 25.7 Å². The van der Waals surface area contributed by atoms with Crippen LogP contribution in [0.15, 0.2) is 0 Å². The summed E-state index contributed by atoms with van der Waals surface area (Å²) < 4.78 is 0. The lowest BCUT2D eigenvalue weighted by Gasteiger charge is -2.35. The fourth-order valence-electron chi connectivity index (χ4n) is 3.72. The monoisotopic (exact) mass is 336 g/mol. The van der Waals surface area contributed by atoms with Crippen LogP contribution in [-0.2, 0) is 11.3 Å². The van der Waals surface area contributed by atoms with E-state index in [9.17, 15) is 4.79 Å². The highest BCUT2D eigenvalue weighted by Crippen LogP contribution is 2.27. The maximum Gasteiger partial charge on any atom is 0.222 e. The van der Waals surface area contributed by atoms with Crippen molar-refractivity contribution in [3.63, 3.8) is 0 Å². The molecule has 6 heteroatoms. The second-order valence-corrected chi connectivity index (χ2v) is 8.04. The number of piperazine rings is 1. The highest BCUT2D eigenvalue weighted by molar-refractivity contribution is 7.15. The van der Waals surface area contributed by atoms with Crippen molar-refractivity contribution < 1.29 is 4.79 Å². The summed E-state index contributed by atoms with van der Waals surface area (Å²) in [6.07, 6.45) is 7.23. The SMILES string of the molecule is Cc1nc(N)sc1CN1CCN(C(=O)CC2CCCCC2)CC1. The minimum atomic E-state index is 0.370. The Morgan fingerprint density at radius 1 is 1.22 bits per heavy atom. The molecule has 3 rings (SSSR count). The van der Waals surface area contributed by atoms with Crippen LogP contribution < -0.4 is 5.73 Å². The molecule has 0 unspecified atom stereocenters. The molecular formula is C17H28N4OS. The molecule has 1 aliphatic heterocycles. The quantitative estimate of drug-likeness (QED) is 0.918. The third-order valence-corrected chi connectivity index (χ3v) is 6.16. The van der Waals surface area contributed by atoms with Gasteiger partial charge in [-0.2, -0.15) is 0 Å². The van der Waals surface area contributed by atoms with Gasteiger partial charge >= 0.3 is 0 Å². The number of aryl methyl sites for hydroxylation is 1. The van der Waals surface area contributed by atoms with Crippen molar-refractivity contribution in [2.75, 3.05) is 31.9 Å². The Bertz CT molecular complexity index is 531. The minimum Gasteiger partial charge on any atom is -0.375 e. The summed E-state index contributed by atoms with van der Waals surface area (Å²) in [5, 5.41) is 0.652. The Hall–Kier alpha value is -1.14. The number of rotatable bonds is 4. The summed E-state index contributed by atoms with van der Waals surface area (Å²) in [5.41, 5.74) is 6.82. The second kappa shape index (κ2) is 7.62. The molecule has 2 heterocycles. The van der Waals surface area contributed by atoms with E-state index < -0.39 is 0 Å². The summed E-state index contributed by atoms with van der Waals surface area (Å²) in [5.74, 6) is 1.01. The van der Waals surface area contributed by atoms with E-state index in [-0.39, 0.29) is 0 Å². The maximum atomic E-state index is 12.5. The number of nitrogen functional groups attached to an aromatic ring is 1. The normalized spacial score (nSPS) is 20.8. The second-order valence-electron chi connectivity index (χ2n) is 6.93. The fourth-order valence-corrected chi connectivity index (χ4v) is 4.60. The third kappa shape index (κ3) is 4.44. The molecule has 0 atom stereocenters. The van der Waals surface area contributed by atoms with Crippen LogP contribution in [0.3, 0.4) is 0 Å². The summed E-state index contributed by atoms with van der Waals surface area (Å²) >= 11 is 1.58. The van der Waals surface area contributed by atoms with E-state index in [1.807, 2.05) is 6.92 Å². The van der Waals surface area contributed by atoms with Crippen molar-refractivity contribution in [3.05, 3.63) is 10.6 Å². The number of carbonyl (C=O) groups excluding carboxylic acids is 1. The standard InChI is InChI=1S/C17H28N4OS/c1-13-15(23-17(18)19-13)12-20-7-9-21(10-8-20)16(22)11-14-5-3-2-4-6-14/h14H,2-12H2,1H3,(H2,18,19). The molecule has 1 saturated heterocycles. The van der Waals surface area contributed by atoms with Crippen molar-refractivity contribution >= 4 is 22.4 Å². The number of aromatic nitrogens is 1. The summed E-state index contributed by atoms with van der Waals surface area (Å²) in [6.45, 7) is 6.55. The Labute approximate surface area is 142 Å². The molecule has 2 N–H and O–H groups in total. The number of amides is 1. The van der Waals surface area contributed by atoms with Crippen LogP contribution in [0, 0.1) is 12.8 Å². The van der Waals surface area contributed by atoms with Crippen LogP contribution in [0.5, 0.6) is 0 Å². The van der Waals surface area contributed by atoms with Gasteiger partial charge < -0.3 is 10.6 Å². The van der Waals surface area contributed by atoms with Gasteiger partial charge in [0.05, 0.1) is 5.69 Å². The van der Waals surface area contributed by atoms with Gasteiger partial charge in [-0.1, -0.05) is 19.3 Å². The number of thiazole rings is 1. The molecule has 2 aliphatic rings. The number of nitrogens with zero attached hydrogens (tertiary/aromatic N) is 3. The number of hydrogen-bond acceptors (Lipinski definition) is 5. The van der Waals surface area contributed by atoms with Gasteiger partial charge in [0.25, 0.3) is 0 Å². The average molecular weight is 337 g/mol. The molecule has 1 aliphatic carbocycles. The lowest BCUT2D eigenvalue weighted by atomic mass is 9.86. The molecular weight excluding hydrogens is 308 g/mol. The topological polar surface area (TPSA) is 62.5 Å². The number of nitrogens with two attached hydrogens (primary N) is 1. The first kappa shape index (κ1) is 16.7. The average Bonchev–Trinajstić information content (AvgIpc) is 2.86. The van der Waals surface area contributed by atoms with Crippen molar-refractivity contribution in [1.82, 2.24) is 14.8 Å². The summed E-state index contributed by atoms with van der Waals surface area (Å²) in [7, 11) is 0. The highest BCUT2D eigenvalue weighted by Gasteiger charge is 2.25. The molecule has 1 amide bonds. The first-order valence-electron chi connectivity index (χ1n) is 8.83. The van der Waals surface area contributed by atoms with Crippen LogP contribution in [0.25, 0.3) is 0 Å². The minimum absolute atomic E-state index is 0.370. The molecule has 2 fully saturated rings. The molecule has 5 nitrogen and oxygen atoms in total. The number of anilines is 1. The molecule has 23 heavy (non-hydrogen) atoms. The van der Waals surface area contributed by atoms with Gasteiger partial charge in [0.2, 0.25) is 5.91 Å². The van der Waals surface area contributed by atoms with Crippen molar-refractivity contribution in [2.45, 2.75) is 52.0 Å². The molecule has 1 aromatic rings. The predicted molar refractivity (Wildman–Crippen MR) is 94.3 cm³/mol. The smallest absolute Gasteiger partial charge is 0.222 e. The molecule has 0 aromatic carbocycles. The van der Waals surface area contributed by atoms with Gasteiger partial charge in [0.15, 0.2) is 5.13 Å². The maximum absolute atomic E-state index is 12.5. The van der Waals surface area contributed by atoms with Crippen LogP contribution in [0.1, 0.15) is 49.1 Å². The van der Waals surface area contributed by atoms with E-state index in [0.29, 0.717) is 17.0 Å². The molecule has 1 aromatic heterocycles. The van der Waals surface area contributed by atoms with Crippen LogP contribution in [-0.4, -0.2) is 46.9 Å². The molecule has 0 spiro atoms. The van der Waals surface area contributed by atoms with E-state index >= 15 is 0 Å². The van der Waals surface area contributed by atoms with Crippen molar-refractivity contribution in [2.24, 2.45) is 5.92 Å². The molecule has 0 radical (unpaired) electrons. The third-order valence-electron chi connectivity index (χ3n) is 5.19. The molecule has 0 bridgehead atoms. The van der Waals surface area contributed by atoms with Gasteiger partial charge in [-0.15, -0.1) is 11.3 Å². The van der Waals surface area contributed by atoms with E-state index in [1.54, 1.807) is 11.3 Å². The van der Waals surface area contributed by atoms with Gasteiger partial charge in [0, 0.05) is 44.0 Å². The first-order valence-corrected chi connectivity index (χ1v) is 9.65. The zero-order chi connectivity index (χ0) is 16.2. The zero-order valence-corrected chi connectivity index (χ0v) is 14.9. The van der Waals surface area contributed by atoms with Crippen molar-refractivity contribution in [3.8, 4) is 0 Å². The van der Waals surface area contributed by atoms with Crippen molar-refractivity contribution in [1.29, 1.82) is 0 Å². The largest absolute Gasteiger partial charge is 0.375 e. The Balaban J connectivity index is 1.44. The zero-order valence-electron chi connectivity index (χ0n) is 14.1. The highest BCUT2D eigenvalue weighted by atomic mass is 32.1. The number of hydrogen-bond donors (Lipinski definition) is 1. The molecule has 128 valence electrons. The Morgan fingerprint density at radius 2 is 1.91 bits per heavy atom. The predicted octanol–water partition coefficient (Wildman–Crippen LogP) is 2.65. The Morgan fingerprint density at radius 3 is 2.52 bits per heavy atom. The van der Waals surface area contributed by atoms with Gasteiger partial charge in [-0.3, -0.25) is 9.69 Å².